The molecule has 1 aromatic rings. The van der Waals surface area contributed by atoms with E-state index in [4.69, 9.17) is 21.1 Å². The van der Waals surface area contributed by atoms with E-state index in [9.17, 15) is 32.5 Å². The molecular weight excluding hydrogens is 542 g/mol. The predicted molar refractivity (Wildman–Crippen MR) is 137 cm³/mol. The molecule has 1 aliphatic heterocycles. The molecule has 0 aliphatic carbocycles. The van der Waals surface area contributed by atoms with E-state index in [1.807, 2.05) is 0 Å². The highest BCUT2D eigenvalue weighted by Crippen LogP contribution is 2.22. The highest BCUT2D eigenvalue weighted by Gasteiger charge is 2.35. The number of aliphatic hydroxyl groups excluding tert-OH is 1. The molecule has 1 unspecified atom stereocenters. The lowest BCUT2D eigenvalue weighted by Gasteiger charge is -2.30. The van der Waals surface area contributed by atoms with Gasteiger partial charge in [-0.05, 0) is 63.3 Å². The van der Waals surface area contributed by atoms with Gasteiger partial charge in [0.25, 0.3) is 0 Å². The third-order valence-electron chi connectivity index (χ3n) is 5.74. The first-order valence-corrected chi connectivity index (χ1v) is 14.0. The molecule has 1 fully saturated rings. The highest BCUT2D eigenvalue weighted by molar-refractivity contribution is 7.86. The smallest absolute Gasteiger partial charge is 0.407 e. The second-order valence-corrected chi connectivity index (χ2v) is 12.1. The Labute approximate surface area is 227 Å². The first-order valence-electron chi connectivity index (χ1n) is 12.2. The maximum absolute atomic E-state index is 13.1. The minimum atomic E-state index is -5.21. The lowest BCUT2D eigenvalue weighted by atomic mass is 9.97. The van der Waals surface area contributed by atoms with Gasteiger partial charge in [0.05, 0.1) is 6.04 Å². The molecule has 3 amide bonds. The molecule has 0 aromatic heterocycles. The van der Waals surface area contributed by atoms with Gasteiger partial charge in [-0.2, -0.15) is 0 Å². The molecule has 0 radical (unpaired) electrons. The summed E-state index contributed by atoms with van der Waals surface area (Å²) in [5.74, 6) is -1.47. The molecule has 1 aliphatic rings. The number of hydrogen-bond acceptors (Lipinski definition) is 9. The molecule has 0 saturated carbocycles. The van der Waals surface area contributed by atoms with E-state index in [1.54, 1.807) is 52.0 Å². The normalized spacial score (nSPS) is 18.3. The lowest BCUT2D eigenvalue weighted by Crippen LogP contribution is -2.55. The largest absolute Gasteiger partial charge is 0.746 e. The fourth-order valence-electron chi connectivity index (χ4n) is 3.88. The van der Waals surface area contributed by atoms with Crippen molar-refractivity contribution in [2.45, 2.75) is 70.1 Å². The van der Waals surface area contributed by atoms with Crippen LogP contribution in [0.1, 0.15) is 47.0 Å². The summed E-state index contributed by atoms with van der Waals surface area (Å²) in [6.45, 7) is 7.17. The Balaban J connectivity index is 2.05. The number of nitrogens with one attached hydrogen (secondary N) is 3. The van der Waals surface area contributed by atoms with Gasteiger partial charge in [0, 0.05) is 17.5 Å². The number of amides is 3. The molecule has 214 valence electrons. The average molecular weight is 577 g/mol. The van der Waals surface area contributed by atoms with Crippen LogP contribution in [0.2, 0.25) is 5.02 Å². The van der Waals surface area contributed by atoms with Crippen LogP contribution in [0.4, 0.5) is 4.79 Å². The van der Waals surface area contributed by atoms with Gasteiger partial charge in [0.2, 0.25) is 11.8 Å². The average Bonchev–Trinajstić information content (AvgIpc) is 3.21. The Kier molecular flexibility index (Phi) is 11.2. The molecule has 1 saturated heterocycles. The van der Waals surface area contributed by atoms with E-state index in [1.165, 1.54) is 0 Å². The SMILES string of the molecule is CC(C)C[C@H](NC(=O)OCC(C)(C)Oc1ccc(Cl)cc1)C(=O)N[C@@H](C[C@@H]1CCNC1=O)C(O)S(=O)(=O)[O-]. The van der Waals surface area contributed by atoms with Gasteiger partial charge in [-0.25, -0.2) is 13.2 Å². The lowest BCUT2D eigenvalue weighted by molar-refractivity contribution is -0.126. The maximum atomic E-state index is 13.1. The fourth-order valence-corrected chi connectivity index (χ4v) is 4.59. The van der Waals surface area contributed by atoms with Crippen molar-refractivity contribution in [2.24, 2.45) is 11.8 Å². The number of aliphatic hydroxyl groups is 1. The second kappa shape index (κ2) is 13.5. The summed E-state index contributed by atoms with van der Waals surface area (Å²) in [4.78, 5) is 37.6. The van der Waals surface area contributed by atoms with E-state index < -0.39 is 51.2 Å². The summed E-state index contributed by atoms with van der Waals surface area (Å²) in [6, 6.07) is 3.89. The topological polar surface area (TPSA) is 183 Å². The number of hydrogen-bond donors (Lipinski definition) is 4. The minimum Gasteiger partial charge on any atom is -0.746 e. The quantitative estimate of drug-likeness (QED) is 0.253. The summed E-state index contributed by atoms with van der Waals surface area (Å²) in [7, 11) is -5.21. The van der Waals surface area contributed by atoms with Gasteiger partial charge in [0.1, 0.15) is 34.1 Å². The molecule has 1 aromatic carbocycles. The van der Waals surface area contributed by atoms with Crippen molar-refractivity contribution in [1.29, 1.82) is 0 Å². The third kappa shape index (κ3) is 10.3. The van der Waals surface area contributed by atoms with Crippen molar-refractivity contribution in [1.82, 2.24) is 16.0 Å². The maximum Gasteiger partial charge on any atom is 0.407 e. The summed E-state index contributed by atoms with van der Waals surface area (Å²) in [5, 5.41) is 18.0. The van der Waals surface area contributed by atoms with E-state index >= 15 is 0 Å². The Bertz CT molecular complexity index is 1080. The Morgan fingerprint density at radius 3 is 2.39 bits per heavy atom. The number of alkyl carbamates (subject to hydrolysis) is 1. The van der Waals surface area contributed by atoms with Gasteiger partial charge < -0.3 is 35.1 Å². The molecule has 0 bridgehead atoms. The number of carbonyl (C=O) groups is 3. The van der Waals surface area contributed by atoms with Gasteiger partial charge in [-0.3, -0.25) is 9.59 Å². The summed E-state index contributed by atoms with van der Waals surface area (Å²) < 4.78 is 45.6. The summed E-state index contributed by atoms with van der Waals surface area (Å²) >= 11 is 5.87. The van der Waals surface area contributed by atoms with Crippen molar-refractivity contribution >= 4 is 39.6 Å². The Morgan fingerprint density at radius 2 is 1.87 bits per heavy atom. The molecular formula is C24H35ClN3O9S-. The number of carbonyl (C=O) groups excluding carboxylic acids is 3. The third-order valence-corrected chi connectivity index (χ3v) is 6.92. The van der Waals surface area contributed by atoms with Crippen LogP contribution in [-0.2, 0) is 24.4 Å². The highest BCUT2D eigenvalue weighted by atomic mass is 35.5. The van der Waals surface area contributed by atoms with Crippen LogP contribution in [-0.4, -0.2) is 72.3 Å². The molecule has 12 nitrogen and oxygen atoms in total. The van der Waals surface area contributed by atoms with Crippen LogP contribution in [0.15, 0.2) is 24.3 Å². The van der Waals surface area contributed by atoms with E-state index in [-0.39, 0.29) is 31.3 Å². The first-order chi connectivity index (χ1) is 17.6. The Hall–Kier alpha value is -2.61. The van der Waals surface area contributed by atoms with Crippen LogP contribution in [0.25, 0.3) is 0 Å². The van der Waals surface area contributed by atoms with Crippen molar-refractivity contribution in [3.63, 3.8) is 0 Å². The van der Waals surface area contributed by atoms with Gasteiger partial charge >= 0.3 is 6.09 Å². The zero-order valence-electron chi connectivity index (χ0n) is 21.7. The number of rotatable bonds is 13. The van der Waals surface area contributed by atoms with Crippen LogP contribution in [0, 0.1) is 11.8 Å². The van der Waals surface area contributed by atoms with Crippen LogP contribution in [0.5, 0.6) is 5.75 Å². The molecule has 4 atom stereocenters. The van der Waals surface area contributed by atoms with Crippen molar-refractivity contribution in [3.05, 3.63) is 29.3 Å². The van der Waals surface area contributed by atoms with Crippen molar-refractivity contribution in [2.75, 3.05) is 13.2 Å². The number of ether oxygens (including phenoxy) is 2. The van der Waals surface area contributed by atoms with Crippen LogP contribution >= 0.6 is 11.6 Å². The van der Waals surface area contributed by atoms with Crippen molar-refractivity contribution in [3.8, 4) is 5.75 Å². The number of benzene rings is 1. The summed E-state index contributed by atoms with van der Waals surface area (Å²) in [5.41, 5.74) is -3.40. The summed E-state index contributed by atoms with van der Waals surface area (Å²) in [6.07, 6.45) is -0.704. The predicted octanol–water partition coefficient (Wildman–Crippen LogP) is 1.51. The van der Waals surface area contributed by atoms with Crippen LogP contribution in [0.3, 0.4) is 0 Å². The van der Waals surface area contributed by atoms with Crippen molar-refractivity contribution < 1.29 is 41.9 Å². The zero-order valence-corrected chi connectivity index (χ0v) is 23.3. The molecule has 4 N–H and O–H groups in total. The minimum absolute atomic E-state index is 0.0806. The molecule has 2 rings (SSSR count). The van der Waals surface area contributed by atoms with E-state index in [2.05, 4.69) is 16.0 Å². The zero-order chi connectivity index (χ0) is 28.7. The molecule has 0 spiro atoms. The Morgan fingerprint density at radius 1 is 1.24 bits per heavy atom. The van der Waals surface area contributed by atoms with Gasteiger partial charge in [-0.15, -0.1) is 0 Å². The van der Waals surface area contributed by atoms with Gasteiger partial charge in [0.15, 0.2) is 5.44 Å². The van der Waals surface area contributed by atoms with E-state index in [0.29, 0.717) is 23.7 Å². The van der Waals surface area contributed by atoms with Gasteiger partial charge in [-0.1, -0.05) is 25.4 Å². The molecule has 1 heterocycles. The molecule has 38 heavy (non-hydrogen) atoms. The standard InChI is InChI=1S/C24H36ClN3O9S/c1-14(2)11-18(28-23(32)36-13-24(3,4)37-17-7-5-16(25)6-8-17)21(30)27-19(22(31)38(33,34)35)12-15-9-10-26-20(15)29/h5-8,14-15,18-19,22,31H,9-13H2,1-4H3,(H,26,29)(H,27,30)(H,28,32)(H,33,34,35)/p-1/t15-,18-,19-,22?/m0/s1. The first kappa shape index (κ1) is 31.6. The second-order valence-electron chi connectivity index (χ2n) is 10.2. The monoisotopic (exact) mass is 576 g/mol. The van der Waals surface area contributed by atoms with E-state index in [0.717, 1.165) is 0 Å². The van der Waals surface area contributed by atoms with Crippen LogP contribution < -0.4 is 20.7 Å². The molecule has 14 heteroatoms. The number of halogens is 1. The fraction of sp³-hybridized carbons (Fsp3) is 0.625.